The lowest BCUT2D eigenvalue weighted by Crippen LogP contribution is -2.43. The molecule has 0 radical (unpaired) electrons. The average molecular weight is 437 g/mol. The molecule has 0 bridgehead atoms. The third-order valence-electron chi connectivity index (χ3n) is 6.26. The molecule has 1 heterocycles. The number of nitrogens with zero attached hydrogens (tertiary/aromatic N) is 1. The molecule has 2 saturated carbocycles. The number of aromatic nitrogens is 1. The second kappa shape index (κ2) is 8.73. The van der Waals surface area contributed by atoms with E-state index in [4.69, 9.17) is 23.2 Å². The van der Waals surface area contributed by atoms with Crippen LogP contribution in [0.5, 0.6) is 0 Å². The first-order valence-electron chi connectivity index (χ1n) is 10.3. The van der Waals surface area contributed by atoms with Crippen molar-refractivity contribution < 1.29 is 4.79 Å². The quantitative estimate of drug-likeness (QED) is 0.538. The summed E-state index contributed by atoms with van der Waals surface area (Å²) < 4.78 is 0. The Labute approximate surface area is 180 Å². The minimum atomic E-state index is -0.0591. The summed E-state index contributed by atoms with van der Waals surface area (Å²) in [7, 11) is 0. The number of benzene rings is 1. The molecular weight excluding hydrogens is 411 g/mol. The molecule has 1 aromatic heterocycles. The van der Waals surface area contributed by atoms with Crippen LogP contribution in [0, 0.1) is 17.8 Å². The highest BCUT2D eigenvalue weighted by molar-refractivity contribution is 7.13. The predicted molar refractivity (Wildman–Crippen MR) is 117 cm³/mol. The van der Waals surface area contributed by atoms with Gasteiger partial charge in [0, 0.05) is 17.0 Å². The fourth-order valence-electron chi connectivity index (χ4n) is 4.50. The second-order valence-electron chi connectivity index (χ2n) is 8.18. The van der Waals surface area contributed by atoms with Gasteiger partial charge >= 0.3 is 0 Å². The van der Waals surface area contributed by atoms with E-state index in [-0.39, 0.29) is 5.91 Å². The topological polar surface area (TPSA) is 42.0 Å². The van der Waals surface area contributed by atoms with Crippen molar-refractivity contribution in [3.05, 3.63) is 39.3 Å². The van der Waals surface area contributed by atoms with Crippen molar-refractivity contribution >= 4 is 40.4 Å². The highest BCUT2D eigenvalue weighted by Gasteiger charge is 2.39. The molecule has 1 aromatic carbocycles. The first kappa shape index (κ1) is 20.2. The molecule has 0 spiro atoms. The molecule has 3 atom stereocenters. The lowest BCUT2D eigenvalue weighted by molar-refractivity contribution is 0.0887. The largest absolute Gasteiger partial charge is 0.347 e. The van der Waals surface area contributed by atoms with Gasteiger partial charge in [0.05, 0.1) is 10.0 Å². The Balaban J connectivity index is 1.48. The Morgan fingerprint density at radius 2 is 2.07 bits per heavy atom. The zero-order valence-corrected chi connectivity index (χ0v) is 18.4. The zero-order valence-electron chi connectivity index (χ0n) is 16.1. The average Bonchev–Trinajstić information content (AvgIpc) is 3.43. The van der Waals surface area contributed by atoms with Crippen molar-refractivity contribution in [2.45, 2.75) is 57.9 Å². The van der Waals surface area contributed by atoms with Crippen LogP contribution in [0.3, 0.4) is 0 Å². The van der Waals surface area contributed by atoms with Crippen LogP contribution in [0.2, 0.25) is 10.0 Å². The summed E-state index contributed by atoms with van der Waals surface area (Å²) in [6.07, 6.45) is 8.83. The molecule has 0 saturated heterocycles. The van der Waals surface area contributed by atoms with E-state index in [1.807, 2.05) is 17.5 Å². The minimum absolute atomic E-state index is 0.0591. The predicted octanol–water partition coefficient (Wildman–Crippen LogP) is 6.84. The Morgan fingerprint density at radius 1 is 1.25 bits per heavy atom. The van der Waals surface area contributed by atoms with E-state index in [1.54, 1.807) is 6.07 Å². The summed E-state index contributed by atoms with van der Waals surface area (Å²) >= 11 is 13.9. The smallest absolute Gasteiger partial charge is 0.271 e. The standard InChI is InChI=1S/C22H26Cl2N2OS/c1-2-13-5-3-6-15(11-13)20(14-9-10-14)26-21(27)18-12-28-22(25-18)16-7-4-8-17(23)19(16)24/h4,7-8,12-15,20H,2-3,5-6,9-11H2,1H3,(H,26,27). The summed E-state index contributed by atoms with van der Waals surface area (Å²) in [4.78, 5) is 17.5. The minimum Gasteiger partial charge on any atom is -0.347 e. The van der Waals surface area contributed by atoms with Crippen molar-refractivity contribution in [3.63, 3.8) is 0 Å². The fraction of sp³-hybridized carbons (Fsp3) is 0.545. The molecule has 0 aliphatic heterocycles. The molecule has 3 unspecified atom stereocenters. The second-order valence-corrected chi connectivity index (χ2v) is 9.82. The Bertz CT molecular complexity index is 849. The Hall–Kier alpha value is -1.10. The molecule has 3 nitrogen and oxygen atoms in total. The van der Waals surface area contributed by atoms with E-state index in [1.165, 1.54) is 56.3 Å². The number of hydrogen-bond acceptors (Lipinski definition) is 3. The van der Waals surface area contributed by atoms with Crippen LogP contribution in [0.1, 0.15) is 62.4 Å². The van der Waals surface area contributed by atoms with Gasteiger partial charge in [-0.05, 0) is 49.5 Å². The monoisotopic (exact) mass is 436 g/mol. The number of hydrogen-bond donors (Lipinski definition) is 1. The first-order chi connectivity index (χ1) is 13.6. The van der Waals surface area contributed by atoms with Crippen molar-refractivity contribution in [1.82, 2.24) is 10.3 Å². The molecule has 1 amide bonds. The van der Waals surface area contributed by atoms with Crippen LogP contribution in [0.4, 0.5) is 0 Å². The summed E-state index contributed by atoms with van der Waals surface area (Å²) in [6, 6.07) is 5.78. The number of thiazole rings is 1. The first-order valence-corrected chi connectivity index (χ1v) is 11.9. The fourth-order valence-corrected chi connectivity index (χ4v) is 5.78. The number of carbonyl (C=O) groups excluding carboxylic acids is 1. The van der Waals surface area contributed by atoms with E-state index in [2.05, 4.69) is 17.2 Å². The third-order valence-corrected chi connectivity index (χ3v) is 7.95. The van der Waals surface area contributed by atoms with Gasteiger partial charge in [0.1, 0.15) is 10.7 Å². The van der Waals surface area contributed by atoms with Crippen LogP contribution in [0.15, 0.2) is 23.6 Å². The molecular formula is C22H26Cl2N2OS. The summed E-state index contributed by atoms with van der Waals surface area (Å²) in [5.74, 6) is 2.00. The number of amides is 1. The summed E-state index contributed by atoms with van der Waals surface area (Å²) in [5.41, 5.74) is 1.25. The van der Waals surface area contributed by atoms with Crippen molar-refractivity contribution in [1.29, 1.82) is 0 Å². The summed E-state index contributed by atoms with van der Waals surface area (Å²) in [6.45, 7) is 2.29. The van der Waals surface area contributed by atoms with Crippen LogP contribution < -0.4 is 5.32 Å². The lowest BCUT2D eigenvalue weighted by Gasteiger charge is -2.35. The molecule has 28 heavy (non-hydrogen) atoms. The maximum Gasteiger partial charge on any atom is 0.271 e. The number of nitrogens with one attached hydrogen (secondary N) is 1. The maximum absolute atomic E-state index is 13.0. The van der Waals surface area contributed by atoms with Gasteiger partial charge < -0.3 is 5.32 Å². The number of carbonyl (C=O) groups is 1. The van der Waals surface area contributed by atoms with E-state index in [0.717, 1.165) is 16.5 Å². The normalized spacial score (nSPS) is 23.4. The van der Waals surface area contributed by atoms with Gasteiger partial charge in [-0.15, -0.1) is 11.3 Å². The van der Waals surface area contributed by atoms with E-state index < -0.39 is 0 Å². The van der Waals surface area contributed by atoms with Gasteiger partial charge in [-0.3, -0.25) is 4.79 Å². The van der Waals surface area contributed by atoms with Crippen LogP contribution in [0.25, 0.3) is 10.6 Å². The molecule has 1 N–H and O–H groups in total. The number of halogens is 2. The van der Waals surface area contributed by atoms with Crippen molar-refractivity contribution in [2.75, 3.05) is 0 Å². The molecule has 2 fully saturated rings. The highest BCUT2D eigenvalue weighted by atomic mass is 35.5. The molecule has 2 aromatic rings. The van der Waals surface area contributed by atoms with Crippen molar-refractivity contribution in [3.8, 4) is 10.6 Å². The molecule has 2 aliphatic rings. The Kier molecular flexibility index (Phi) is 6.29. The Morgan fingerprint density at radius 3 is 2.82 bits per heavy atom. The maximum atomic E-state index is 13.0. The van der Waals surface area contributed by atoms with Gasteiger partial charge in [0.2, 0.25) is 0 Å². The molecule has 4 rings (SSSR count). The highest BCUT2D eigenvalue weighted by Crippen LogP contribution is 2.42. The van der Waals surface area contributed by atoms with E-state index in [0.29, 0.717) is 33.6 Å². The van der Waals surface area contributed by atoms with Gasteiger partial charge in [0.25, 0.3) is 5.91 Å². The zero-order chi connectivity index (χ0) is 19.7. The van der Waals surface area contributed by atoms with Gasteiger partial charge in [-0.2, -0.15) is 0 Å². The van der Waals surface area contributed by atoms with Gasteiger partial charge in [-0.1, -0.05) is 61.5 Å². The van der Waals surface area contributed by atoms with Crippen LogP contribution in [-0.4, -0.2) is 16.9 Å². The van der Waals surface area contributed by atoms with Crippen LogP contribution in [-0.2, 0) is 0 Å². The van der Waals surface area contributed by atoms with Gasteiger partial charge in [-0.25, -0.2) is 4.98 Å². The van der Waals surface area contributed by atoms with E-state index >= 15 is 0 Å². The number of rotatable bonds is 6. The SMILES string of the molecule is CCC1CCCC(C(NC(=O)c2csc(-c3cccc(Cl)c3Cl)n2)C2CC2)C1. The molecule has 2 aliphatic carbocycles. The summed E-state index contributed by atoms with van der Waals surface area (Å²) in [5, 5.41) is 6.87. The third kappa shape index (κ3) is 4.39. The van der Waals surface area contributed by atoms with E-state index in [9.17, 15) is 4.79 Å². The van der Waals surface area contributed by atoms with Crippen molar-refractivity contribution in [2.24, 2.45) is 17.8 Å². The molecule has 150 valence electrons. The van der Waals surface area contributed by atoms with Gasteiger partial charge in [0.15, 0.2) is 0 Å². The van der Waals surface area contributed by atoms with Crippen LogP contribution >= 0.6 is 34.5 Å². The lowest BCUT2D eigenvalue weighted by atomic mass is 9.75. The molecule has 6 heteroatoms.